The van der Waals surface area contributed by atoms with Gasteiger partial charge in [0.25, 0.3) is 0 Å². The molecule has 2 fully saturated rings. The van der Waals surface area contributed by atoms with Crippen molar-refractivity contribution in [3.8, 4) is 6.07 Å². The monoisotopic (exact) mass is 292 g/mol. The summed E-state index contributed by atoms with van der Waals surface area (Å²) in [6.45, 7) is 14.2. The van der Waals surface area contributed by atoms with Crippen LogP contribution in [0.15, 0.2) is 0 Å². The van der Waals surface area contributed by atoms with E-state index in [1.807, 2.05) is 0 Å². The Morgan fingerprint density at radius 1 is 1.19 bits per heavy atom. The number of nitrogens with one attached hydrogen (secondary N) is 1. The Bertz CT molecular complexity index is 363. The summed E-state index contributed by atoms with van der Waals surface area (Å²) in [5, 5.41) is 13.4. The zero-order valence-electron chi connectivity index (χ0n) is 14.2. The highest BCUT2D eigenvalue weighted by atomic mass is 15.3. The van der Waals surface area contributed by atoms with E-state index < -0.39 is 0 Å². The van der Waals surface area contributed by atoms with Crippen LogP contribution in [0.2, 0.25) is 0 Å². The maximum atomic E-state index is 9.80. The highest BCUT2D eigenvalue weighted by Crippen LogP contribution is 2.40. The van der Waals surface area contributed by atoms with Crippen molar-refractivity contribution in [3.63, 3.8) is 0 Å². The summed E-state index contributed by atoms with van der Waals surface area (Å²) < 4.78 is 0. The van der Waals surface area contributed by atoms with Gasteiger partial charge < -0.3 is 0 Å². The summed E-state index contributed by atoms with van der Waals surface area (Å²) in [6, 6.07) is 3.69. The third-order valence-electron chi connectivity index (χ3n) is 5.11. The van der Waals surface area contributed by atoms with Gasteiger partial charge in [0.05, 0.1) is 6.07 Å². The van der Waals surface area contributed by atoms with Crippen molar-refractivity contribution in [2.24, 2.45) is 5.92 Å². The molecular formula is C17H32N4. The molecule has 1 saturated heterocycles. The molecule has 1 heterocycles. The summed E-state index contributed by atoms with van der Waals surface area (Å²) in [7, 11) is 0. The van der Waals surface area contributed by atoms with Gasteiger partial charge in [-0.1, -0.05) is 6.92 Å². The molecule has 21 heavy (non-hydrogen) atoms. The fourth-order valence-electron chi connectivity index (χ4n) is 3.52. The Labute approximate surface area is 130 Å². The fourth-order valence-corrected chi connectivity index (χ4v) is 3.52. The van der Waals surface area contributed by atoms with Gasteiger partial charge in [0.2, 0.25) is 0 Å². The van der Waals surface area contributed by atoms with Crippen molar-refractivity contribution >= 4 is 0 Å². The Morgan fingerprint density at radius 2 is 1.81 bits per heavy atom. The minimum Gasteiger partial charge on any atom is -0.298 e. The fraction of sp³-hybridized carbons (Fsp3) is 0.941. The maximum Gasteiger partial charge on any atom is 0.122 e. The van der Waals surface area contributed by atoms with Gasteiger partial charge in [-0.25, -0.2) is 0 Å². The molecule has 4 heteroatoms. The number of piperazine rings is 1. The van der Waals surface area contributed by atoms with E-state index in [0.717, 1.165) is 32.7 Å². The Kier molecular flexibility index (Phi) is 5.65. The van der Waals surface area contributed by atoms with E-state index >= 15 is 0 Å². The van der Waals surface area contributed by atoms with Crippen LogP contribution in [0.1, 0.15) is 47.0 Å². The van der Waals surface area contributed by atoms with Gasteiger partial charge in [0.15, 0.2) is 0 Å². The zero-order valence-corrected chi connectivity index (χ0v) is 14.2. The largest absolute Gasteiger partial charge is 0.298 e. The lowest BCUT2D eigenvalue weighted by atomic mass is 9.92. The van der Waals surface area contributed by atoms with Crippen LogP contribution in [0, 0.1) is 17.2 Å². The van der Waals surface area contributed by atoms with E-state index in [4.69, 9.17) is 0 Å². The summed E-state index contributed by atoms with van der Waals surface area (Å²) in [6.07, 6.45) is 3.64. The van der Waals surface area contributed by atoms with Crippen molar-refractivity contribution in [1.29, 1.82) is 5.26 Å². The number of rotatable bonds is 7. The Hall–Kier alpha value is -0.630. The molecule has 1 aliphatic heterocycles. The van der Waals surface area contributed by atoms with Crippen LogP contribution in [0.3, 0.4) is 0 Å². The molecular weight excluding hydrogens is 260 g/mol. The lowest BCUT2D eigenvalue weighted by molar-refractivity contribution is 0.0814. The van der Waals surface area contributed by atoms with Crippen LogP contribution in [0.4, 0.5) is 0 Å². The predicted octanol–water partition coefficient (Wildman–Crippen LogP) is 2.07. The van der Waals surface area contributed by atoms with Crippen LogP contribution in [0.25, 0.3) is 0 Å². The SMILES string of the molecule is CCC(C)N1CCN(CC(C#N)(NC(C)C)C2CC2)CC1. The van der Waals surface area contributed by atoms with Gasteiger partial charge in [-0.2, -0.15) is 5.26 Å². The summed E-state index contributed by atoms with van der Waals surface area (Å²) in [4.78, 5) is 5.08. The minimum absolute atomic E-state index is 0.327. The lowest BCUT2D eigenvalue weighted by Crippen LogP contribution is -2.60. The zero-order chi connectivity index (χ0) is 15.5. The molecule has 1 N–H and O–H groups in total. The molecule has 0 bridgehead atoms. The van der Waals surface area contributed by atoms with E-state index in [9.17, 15) is 5.26 Å². The molecule has 2 rings (SSSR count). The van der Waals surface area contributed by atoms with E-state index in [2.05, 4.69) is 48.9 Å². The third-order valence-corrected chi connectivity index (χ3v) is 5.11. The van der Waals surface area contributed by atoms with Crippen LogP contribution in [-0.4, -0.2) is 60.1 Å². The average molecular weight is 292 g/mol. The van der Waals surface area contributed by atoms with Gasteiger partial charge in [-0.15, -0.1) is 0 Å². The van der Waals surface area contributed by atoms with Gasteiger partial charge >= 0.3 is 0 Å². The first-order valence-corrected chi connectivity index (χ1v) is 8.66. The van der Waals surface area contributed by atoms with Gasteiger partial charge in [0, 0.05) is 44.8 Å². The number of nitriles is 1. The first-order valence-electron chi connectivity index (χ1n) is 8.66. The highest BCUT2D eigenvalue weighted by molar-refractivity contribution is 5.17. The molecule has 1 aliphatic carbocycles. The molecule has 2 atom stereocenters. The Morgan fingerprint density at radius 3 is 2.24 bits per heavy atom. The Balaban J connectivity index is 1.92. The van der Waals surface area contributed by atoms with Crippen LogP contribution < -0.4 is 5.32 Å². The van der Waals surface area contributed by atoms with Crippen molar-refractivity contribution in [1.82, 2.24) is 15.1 Å². The number of nitrogens with zero attached hydrogens (tertiary/aromatic N) is 3. The van der Waals surface area contributed by atoms with Gasteiger partial charge in [-0.05, 0) is 46.0 Å². The molecule has 2 aliphatic rings. The van der Waals surface area contributed by atoms with Crippen molar-refractivity contribution in [3.05, 3.63) is 0 Å². The van der Waals surface area contributed by atoms with Crippen LogP contribution in [-0.2, 0) is 0 Å². The second-order valence-corrected chi connectivity index (χ2v) is 7.23. The van der Waals surface area contributed by atoms with E-state index in [-0.39, 0.29) is 5.54 Å². The molecule has 0 aromatic heterocycles. The number of hydrogen-bond donors (Lipinski definition) is 1. The first-order chi connectivity index (χ1) is 10.0. The molecule has 0 radical (unpaired) electrons. The molecule has 0 spiro atoms. The second kappa shape index (κ2) is 7.09. The molecule has 0 amide bonds. The van der Waals surface area contributed by atoms with Gasteiger partial charge in [0.1, 0.15) is 5.54 Å². The van der Waals surface area contributed by atoms with Crippen molar-refractivity contribution in [2.45, 2.75) is 64.6 Å². The summed E-state index contributed by atoms with van der Waals surface area (Å²) in [5.41, 5.74) is -0.327. The van der Waals surface area contributed by atoms with E-state index in [1.54, 1.807) is 0 Å². The van der Waals surface area contributed by atoms with Crippen LogP contribution in [0.5, 0.6) is 0 Å². The van der Waals surface area contributed by atoms with Crippen molar-refractivity contribution < 1.29 is 0 Å². The topological polar surface area (TPSA) is 42.3 Å². The summed E-state index contributed by atoms with van der Waals surface area (Å²) >= 11 is 0. The molecule has 0 aromatic carbocycles. The van der Waals surface area contributed by atoms with Crippen LogP contribution >= 0.6 is 0 Å². The first kappa shape index (κ1) is 16.7. The summed E-state index contributed by atoms with van der Waals surface area (Å²) in [5.74, 6) is 0.553. The number of hydrogen-bond acceptors (Lipinski definition) is 4. The highest BCUT2D eigenvalue weighted by Gasteiger charge is 2.47. The molecule has 0 aromatic rings. The maximum absolute atomic E-state index is 9.80. The average Bonchev–Trinajstić information content (AvgIpc) is 3.31. The van der Waals surface area contributed by atoms with E-state index in [0.29, 0.717) is 18.0 Å². The third kappa shape index (κ3) is 4.18. The predicted molar refractivity (Wildman–Crippen MR) is 87.1 cm³/mol. The normalized spacial score (nSPS) is 25.5. The van der Waals surface area contributed by atoms with Gasteiger partial charge in [-0.3, -0.25) is 15.1 Å². The second-order valence-electron chi connectivity index (χ2n) is 7.23. The molecule has 4 nitrogen and oxygen atoms in total. The standard InChI is InChI=1S/C17H32N4/c1-5-15(4)21-10-8-20(9-11-21)13-17(12-18,16-6-7-16)19-14(2)3/h14-16,19H,5-11,13H2,1-4H3. The lowest BCUT2D eigenvalue weighted by Gasteiger charge is -2.41. The molecule has 2 unspecified atom stereocenters. The smallest absolute Gasteiger partial charge is 0.122 e. The minimum atomic E-state index is -0.327. The molecule has 1 saturated carbocycles. The molecule has 120 valence electrons. The van der Waals surface area contributed by atoms with E-state index in [1.165, 1.54) is 19.3 Å². The van der Waals surface area contributed by atoms with Crippen molar-refractivity contribution in [2.75, 3.05) is 32.7 Å². The quantitative estimate of drug-likeness (QED) is 0.780.